The van der Waals surface area contributed by atoms with Gasteiger partial charge in [0.1, 0.15) is 5.82 Å². The molecule has 1 aliphatic heterocycles. The number of H-pyrrole nitrogens is 1. The van der Waals surface area contributed by atoms with E-state index in [0.29, 0.717) is 14.5 Å². The number of nitrogens with one attached hydrogen (secondary N) is 1. The van der Waals surface area contributed by atoms with Gasteiger partial charge in [0, 0.05) is 35.1 Å². The van der Waals surface area contributed by atoms with Crippen LogP contribution in [0.15, 0.2) is 16.6 Å². The molecule has 19 heavy (non-hydrogen) atoms. The molecule has 2 aromatic rings. The number of imidazole rings is 1. The van der Waals surface area contributed by atoms with Gasteiger partial charge in [-0.3, -0.25) is 0 Å². The third-order valence-corrected chi connectivity index (χ3v) is 6.84. The van der Waals surface area contributed by atoms with Crippen molar-refractivity contribution < 1.29 is 4.39 Å². The molecule has 0 aliphatic carbocycles. The minimum Gasteiger partial charge on any atom is -0.331 e. The summed E-state index contributed by atoms with van der Waals surface area (Å²) in [6, 6.07) is 3.30. The highest BCUT2D eigenvalue weighted by Crippen LogP contribution is 2.28. The van der Waals surface area contributed by atoms with Crippen molar-refractivity contribution in [2.75, 3.05) is 17.3 Å². The maximum atomic E-state index is 13.7. The lowest BCUT2D eigenvalue weighted by Gasteiger charge is -2.21. The van der Waals surface area contributed by atoms with E-state index in [1.54, 1.807) is 12.1 Å². The summed E-state index contributed by atoms with van der Waals surface area (Å²) in [5.41, 5.74) is 1.73. The molecule has 0 amide bonds. The molecule has 1 saturated heterocycles. The molecule has 7 heteroatoms. The highest BCUT2D eigenvalue weighted by atomic mass is 79.9. The van der Waals surface area contributed by atoms with Crippen LogP contribution in [0, 0.1) is 10.6 Å². The number of rotatable bonds is 2. The maximum absolute atomic E-state index is 13.7. The van der Waals surface area contributed by atoms with Crippen LogP contribution >= 0.6 is 51.7 Å². The van der Waals surface area contributed by atoms with Crippen LogP contribution in [-0.2, 0) is 6.54 Å². The van der Waals surface area contributed by atoms with E-state index in [1.165, 1.54) is 11.5 Å². The molecule has 1 aliphatic rings. The zero-order valence-electron chi connectivity index (χ0n) is 9.99. The summed E-state index contributed by atoms with van der Waals surface area (Å²) < 4.78 is 16.9. The van der Waals surface area contributed by atoms with Crippen molar-refractivity contribution >= 4 is 62.7 Å². The SMILES string of the molecule is Fc1cc2c(cc1Br)[nH]c(=S)n2CC1CSCCS1. The molecule has 1 aromatic heterocycles. The van der Waals surface area contributed by atoms with Gasteiger partial charge in [-0.1, -0.05) is 0 Å². The molecule has 1 fully saturated rings. The van der Waals surface area contributed by atoms with Gasteiger partial charge in [0.25, 0.3) is 0 Å². The van der Waals surface area contributed by atoms with Crippen molar-refractivity contribution in [3.8, 4) is 0 Å². The molecule has 1 N–H and O–H groups in total. The number of hydrogen-bond donors (Lipinski definition) is 1. The monoisotopic (exact) mass is 378 g/mol. The van der Waals surface area contributed by atoms with Gasteiger partial charge in [0.2, 0.25) is 0 Å². The Morgan fingerprint density at radius 1 is 1.47 bits per heavy atom. The minimum absolute atomic E-state index is 0.249. The third kappa shape index (κ3) is 2.89. The zero-order chi connectivity index (χ0) is 13.4. The van der Waals surface area contributed by atoms with Crippen LogP contribution < -0.4 is 0 Å². The molecule has 102 valence electrons. The van der Waals surface area contributed by atoms with Crippen LogP contribution in [0.2, 0.25) is 0 Å². The van der Waals surface area contributed by atoms with Gasteiger partial charge in [-0.15, -0.1) is 0 Å². The fourth-order valence-corrected chi connectivity index (χ4v) is 5.46. The first-order valence-electron chi connectivity index (χ1n) is 5.92. The Balaban J connectivity index is 2.00. The van der Waals surface area contributed by atoms with E-state index >= 15 is 0 Å². The first kappa shape index (κ1) is 14.0. The van der Waals surface area contributed by atoms with Crippen LogP contribution in [0.4, 0.5) is 4.39 Å². The summed E-state index contributed by atoms with van der Waals surface area (Å²) in [6.45, 7) is 0.845. The molecule has 3 rings (SSSR count). The molecule has 2 heterocycles. The number of aromatic amines is 1. The van der Waals surface area contributed by atoms with E-state index in [4.69, 9.17) is 12.2 Å². The lowest BCUT2D eigenvalue weighted by atomic mass is 10.3. The fraction of sp³-hybridized carbons (Fsp3) is 0.417. The lowest BCUT2D eigenvalue weighted by Crippen LogP contribution is -2.20. The van der Waals surface area contributed by atoms with Gasteiger partial charge in [-0.25, -0.2) is 4.39 Å². The van der Waals surface area contributed by atoms with Crippen molar-refractivity contribution in [3.05, 3.63) is 27.2 Å². The van der Waals surface area contributed by atoms with Crippen molar-refractivity contribution in [3.63, 3.8) is 0 Å². The molecule has 0 bridgehead atoms. The maximum Gasteiger partial charge on any atom is 0.178 e. The third-order valence-electron chi connectivity index (χ3n) is 3.09. The van der Waals surface area contributed by atoms with Crippen molar-refractivity contribution in [2.24, 2.45) is 0 Å². The minimum atomic E-state index is -0.249. The second kappa shape index (κ2) is 5.79. The summed E-state index contributed by atoms with van der Waals surface area (Å²) >= 11 is 12.5. The number of benzene rings is 1. The Labute approximate surface area is 132 Å². The summed E-state index contributed by atoms with van der Waals surface area (Å²) in [4.78, 5) is 3.15. The standard InChI is InChI=1S/C12H12BrFN2S3/c13-8-3-10-11(4-9(8)14)16(12(17)15-10)5-7-6-18-1-2-19-7/h3-4,7H,1-2,5-6H2,(H,15,17). The predicted molar refractivity (Wildman–Crippen MR) is 88.4 cm³/mol. The van der Waals surface area contributed by atoms with E-state index in [2.05, 4.69) is 20.9 Å². The number of thioether (sulfide) groups is 2. The van der Waals surface area contributed by atoms with Gasteiger partial charge in [0.05, 0.1) is 15.5 Å². The molecule has 2 nitrogen and oxygen atoms in total. The topological polar surface area (TPSA) is 20.7 Å². The molecule has 1 unspecified atom stereocenters. The summed E-state index contributed by atoms with van der Waals surface area (Å²) in [5.74, 6) is 3.30. The van der Waals surface area contributed by atoms with Crippen LogP contribution in [0.1, 0.15) is 0 Å². The summed E-state index contributed by atoms with van der Waals surface area (Å²) in [5, 5.41) is 0.552. The Bertz CT molecular complexity index is 661. The molecule has 0 spiro atoms. The second-order valence-electron chi connectivity index (χ2n) is 4.39. The van der Waals surface area contributed by atoms with Gasteiger partial charge in [-0.05, 0) is 34.2 Å². The van der Waals surface area contributed by atoms with Gasteiger partial charge in [-0.2, -0.15) is 23.5 Å². The highest BCUT2D eigenvalue weighted by molar-refractivity contribution is 9.10. The molecule has 1 atom stereocenters. The van der Waals surface area contributed by atoms with Crippen LogP contribution in [0.5, 0.6) is 0 Å². The van der Waals surface area contributed by atoms with Crippen molar-refractivity contribution in [2.45, 2.75) is 11.8 Å². The fourth-order valence-electron chi connectivity index (χ4n) is 2.18. The number of aromatic nitrogens is 2. The van der Waals surface area contributed by atoms with Crippen LogP contribution in [0.25, 0.3) is 11.0 Å². The van der Waals surface area contributed by atoms with Crippen LogP contribution in [-0.4, -0.2) is 32.1 Å². The van der Waals surface area contributed by atoms with E-state index < -0.39 is 0 Å². The predicted octanol–water partition coefficient (Wildman–Crippen LogP) is 4.45. The average Bonchev–Trinajstić information content (AvgIpc) is 2.68. The lowest BCUT2D eigenvalue weighted by molar-refractivity contribution is 0.620. The normalized spacial score (nSPS) is 20.0. The van der Waals surface area contributed by atoms with E-state index in [0.717, 1.165) is 23.3 Å². The first-order valence-corrected chi connectivity index (χ1v) is 9.32. The molecule has 0 radical (unpaired) electrons. The Morgan fingerprint density at radius 3 is 3.05 bits per heavy atom. The quantitative estimate of drug-likeness (QED) is 0.779. The summed E-state index contributed by atoms with van der Waals surface area (Å²) in [6.07, 6.45) is 0. The largest absolute Gasteiger partial charge is 0.331 e. The Kier molecular flexibility index (Phi) is 4.26. The second-order valence-corrected chi connectivity index (χ2v) is 8.19. The smallest absolute Gasteiger partial charge is 0.178 e. The zero-order valence-corrected chi connectivity index (χ0v) is 14.0. The highest BCUT2D eigenvalue weighted by Gasteiger charge is 2.17. The number of fused-ring (bicyclic) bond motifs is 1. The van der Waals surface area contributed by atoms with E-state index in [1.807, 2.05) is 28.1 Å². The average molecular weight is 379 g/mol. The molecular weight excluding hydrogens is 367 g/mol. The summed E-state index contributed by atoms with van der Waals surface area (Å²) in [7, 11) is 0. The van der Waals surface area contributed by atoms with Gasteiger partial charge >= 0.3 is 0 Å². The number of hydrogen-bond acceptors (Lipinski definition) is 3. The molecule has 0 saturated carbocycles. The van der Waals surface area contributed by atoms with Crippen molar-refractivity contribution in [1.29, 1.82) is 0 Å². The molecule has 1 aromatic carbocycles. The first-order chi connectivity index (χ1) is 9.15. The molecular formula is C12H12BrFN2S3. The van der Waals surface area contributed by atoms with Crippen molar-refractivity contribution in [1.82, 2.24) is 9.55 Å². The van der Waals surface area contributed by atoms with E-state index in [9.17, 15) is 4.39 Å². The Morgan fingerprint density at radius 2 is 2.32 bits per heavy atom. The van der Waals surface area contributed by atoms with Crippen LogP contribution in [0.3, 0.4) is 0 Å². The van der Waals surface area contributed by atoms with E-state index in [-0.39, 0.29) is 5.82 Å². The van der Waals surface area contributed by atoms with Gasteiger partial charge in [0.15, 0.2) is 4.77 Å². The number of halogens is 2. The number of nitrogens with zero attached hydrogens (tertiary/aromatic N) is 1. The Hall–Kier alpha value is 0.0200. The van der Waals surface area contributed by atoms with Gasteiger partial charge < -0.3 is 9.55 Å².